The van der Waals surface area contributed by atoms with Crippen LogP contribution in [0.15, 0.2) is 47.0 Å². The van der Waals surface area contributed by atoms with Crippen molar-refractivity contribution in [1.29, 1.82) is 0 Å². The van der Waals surface area contributed by atoms with Crippen LogP contribution in [0.25, 0.3) is 11.4 Å². The van der Waals surface area contributed by atoms with Crippen LogP contribution in [0.1, 0.15) is 29.9 Å². The Hall–Kier alpha value is -2.70. The number of aromatic nitrogens is 2. The summed E-state index contributed by atoms with van der Waals surface area (Å²) in [4.78, 5) is 19.6. The van der Waals surface area contributed by atoms with Gasteiger partial charge in [-0.05, 0) is 57.0 Å². The molecule has 1 atom stereocenters. The van der Waals surface area contributed by atoms with Crippen molar-refractivity contribution in [1.82, 2.24) is 15.0 Å². The molecular weight excluding hydrogens is 400 g/mol. The number of carbonyl (C=O) groups is 1. The normalized spacial score (nSPS) is 17.1. The van der Waals surface area contributed by atoms with Crippen molar-refractivity contribution in [2.24, 2.45) is 5.92 Å². The highest BCUT2D eigenvalue weighted by molar-refractivity contribution is 6.31. The van der Waals surface area contributed by atoms with Crippen molar-refractivity contribution in [3.8, 4) is 11.4 Å². The Morgan fingerprint density at radius 1 is 1.27 bits per heavy atom. The van der Waals surface area contributed by atoms with E-state index in [-0.39, 0.29) is 11.8 Å². The first-order valence-corrected chi connectivity index (χ1v) is 10.5. The molecule has 3 aromatic rings. The van der Waals surface area contributed by atoms with Gasteiger partial charge in [-0.3, -0.25) is 9.69 Å². The van der Waals surface area contributed by atoms with Crippen molar-refractivity contribution >= 4 is 23.2 Å². The molecule has 1 N–H and O–H groups in total. The Balaban J connectivity index is 1.38. The van der Waals surface area contributed by atoms with E-state index < -0.39 is 0 Å². The minimum atomic E-state index is -0.0868. The molecule has 1 amide bonds. The van der Waals surface area contributed by atoms with Crippen molar-refractivity contribution < 1.29 is 9.32 Å². The summed E-state index contributed by atoms with van der Waals surface area (Å²) in [5.74, 6) is 1.10. The monoisotopic (exact) mass is 424 g/mol. The zero-order valence-corrected chi connectivity index (χ0v) is 17.9. The number of piperidine rings is 1. The number of amides is 1. The lowest BCUT2D eigenvalue weighted by Gasteiger charge is -2.31. The molecule has 1 aliphatic rings. The van der Waals surface area contributed by atoms with E-state index in [0.29, 0.717) is 29.8 Å². The van der Waals surface area contributed by atoms with Crippen molar-refractivity contribution in [2.75, 3.05) is 18.4 Å². The lowest BCUT2D eigenvalue weighted by atomic mass is 9.97. The molecule has 0 saturated carbocycles. The molecule has 0 aliphatic carbocycles. The number of hydrogen-bond donors (Lipinski definition) is 1. The Morgan fingerprint density at radius 3 is 2.97 bits per heavy atom. The molecule has 2 heterocycles. The molecular formula is C23H25ClN4O2. The number of likely N-dealkylation sites (tertiary alicyclic amines) is 1. The fourth-order valence-corrected chi connectivity index (χ4v) is 3.96. The quantitative estimate of drug-likeness (QED) is 0.633. The molecule has 6 nitrogen and oxygen atoms in total. The Morgan fingerprint density at radius 2 is 2.13 bits per heavy atom. The summed E-state index contributed by atoms with van der Waals surface area (Å²) in [5.41, 5.74) is 3.86. The maximum atomic E-state index is 12.8. The summed E-state index contributed by atoms with van der Waals surface area (Å²) in [6.07, 6.45) is 1.81. The number of anilines is 1. The highest BCUT2D eigenvalue weighted by Gasteiger charge is 2.27. The van der Waals surface area contributed by atoms with E-state index in [4.69, 9.17) is 16.1 Å². The molecule has 156 valence electrons. The van der Waals surface area contributed by atoms with Crippen LogP contribution in [0.4, 0.5) is 5.69 Å². The topological polar surface area (TPSA) is 71.3 Å². The van der Waals surface area contributed by atoms with E-state index in [1.807, 2.05) is 50.2 Å². The SMILES string of the molecule is Cc1cccc(-c2noc(CN3CCCC(C(=O)Nc4cc(Cl)ccc4C)C3)n2)c1. The predicted molar refractivity (Wildman–Crippen MR) is 117 cm³/mol. The van der Waals surface area contributed by atoms with E-state index in [9.17, 15) is 4.79 Å². The fourth-order valence-electron chi connectivity index (χ4n) is 3.79. The molecule has 0 bridgehead atoms. The molecule has 4 rings (SSSR count). The van der Waals surface area contributed by atoms with Gasteiger partial charge in [0.25, 0.3) is 0 Å². The maximum absolute atomic E-state index is 12.8. The summed E-state index contributed by atoms with van der Waals surface area (Å²) in [6, 6.07) is 13.6. The molecule has 2 aromatic carbocycles. The highest BCUT2D eigenvalue weighted by atomic mass is 35.5. The number of nitrogens with one attached hydrogen (secondary N) is 1. The summed E-state index contributed by atoms with van der Waals surface area (Å²) in [6.45, 7) is 6.10. The van der Waals surface area contributed by atoms with Gasteiger partial charge in [-0.15, -0.1) is 0 Å². The molecule has 1 unspecified atom stereocenters. The van der Waals surface area contributed by atoms with Gasteiger partial charge in [-0.25, -0.2) is 0 Å². The molecule has 1 aromatic heterocycles. The first-order valence-electron chi connectivity index (χ1n) is 10.2. The van der Waals surface area contributed by atoms with Gasteiger partial charge in [-0.1, -0.05) is 46.6 Å². The van der Waals surface area contributed by atoms with Crippen molar-refractivity contribution in [3.05, 3.63) is 64.5 Å². The Kier molecular flexibility index (Phi) is 6.16. The fraction of sp³-hybridized carbons (Fsp3) is 0.348. The summed E-state index contributed by atoms with van der Waals surface area (Å²) in [5, 5.41) is 7.76. The first-order chi connectivity index (χ1) is 14.5. The second-order valence-corrected chi connectivity index (χ2v) is 8.34. The standard InChI is InChI=1S/C23H25ClN4O2/c1-15-5-3-6-17(11-15)22-26-21(30-27-22)14-28-10-4-7-18(13-28)23(29)25-20-12-19(24)9-8-16(20)2/h3,5-6,8-9,11-12,18H,4,7,10,13-14H2,1-2H3,(H,25,29). The van der Waals surface area contributed by atoms with Gasteiger partial charge >= 0.3 is 0 Å². The van der Waals surface area contributed by atoms with Crippen LogP contribution in [0.3, 0.4) is 0 Å². The maximum Gasteiger partial charge on any atom is 0.241 e. The van der Waals surface area contributed by atoms with Crippen molar-refractivity contribution in [3.63, 3.8) is 0 Å². The van der Waals surface area contributed by atoms with Gasteiger partial charge in [0.15, 0.2) is 0 Å². The second-order valence-electron chi connectivity index (χ2n) is 7.90. The van der Waals surface area contributed by atoms with Gasteiger partial charge < -0.3 is 9.84 Å². The number of carbonyl (C=O) groups excluding carboxylic acids is 1. The van der Waals surface area contributed by atoms with Crippen molar-refractivity contribution in [2.45, 2.75) is 33.2 Å². The van der Waals surface area contributed by atoms with E-state index >= 15 is 0 Å². The summed E-state index contributed by atoms with van der Waals surface area (Å²) < 4.78 is 5.46. The van der Waals surface area contributed by atoms with Gasteiger partial charge in [0.1, 0.15) is 0 Å². The van der Waals surface area contributed by atoms with Crippen LogP contribution in [0.5, 0.6) is 0 Å². The van der Waals surface area contributed by atoms with Crippen LogP contribution in [-0.4, -0.2) is 34.0 Å². The molecule has 1 saturated heterocycles. The minimum Gasteiger partial charge on any atom is -0.338 e. The number of halogens is 1. The summed E-state index contributed by atoms with van der Waals surface area (Å²) in [7, 11) is 0. The average molecular weight is 425 g/mol. The lowest BCUT2D eigenvalue weighted by Crippen LogP contribution is -2.40. The molecule has 1 aliphatic heterocycles. The Bertz CT molecular complexity index is 1050. The number of benzene rings is 2. The van der Waals surface area contributed by atoms with Gasteiger partial charge in [0.05, 0.1) is 12.5 Å². The zero-order valence-electron chi connectivity index (χ0n) is 17.2. The van der Waals surface area contributed by atoms with Gasteiger partial charge in [0, 0.05) is 22.8 Å². The van der Waals surface area contributed by atoms with Crippen LogP contribution in [0, 0.1) is 19.8 Å². The highest BCUT2D eigenvalue weighted by Crippen LogP contribution is 2.24. The lowest BCUT2D eigenvalue weighted by molar-refractivity contribution is -0.121. The second kappa shape index (κ2) is 8.98. The molecule has 0 radical (unpaired) electrons. The van der Waals surface area contributed by atoms with E-state index in [1.54, 1.807) is 6.07 Å². The minimum absolute atomic E-state index is 0.0241. The van der Waals surface area contributed by atoms with E-state index in [0.717, 1.165) is 41.8 Å². The van der Waals surface area contributed by atoms with Gasteiger partial charge in [-0.2, -0.15) is 4.98 Å². The number of nitrogens with zero attached hydrogens (tertiary/aromatic N) is 3. The van der Waals surface area contributed by atoms with Crippen LogP contribution < -0.4 is 5.32 Å². The predicted octanol–water partition coefficient (Wildman–Crippen LogP) is 4.86. The van der Waals surface area contributed by atoms with Crippen LogP contribution in [-0.2, 0) is 11.3 Å². The average Bonchev–Trinajstić information content (AvgIpc) is 3.19. The van der Waals surface area contributed by atoms with E-state index in [2.05, 4.69) is 20.4 Å². The molecule has 0 spiro atoms. The third kappa shape index (κ3) is 4.89. The van der Waals surface area contributed by atoms with Gasteiger partial charge in [0.2, 0.25) is 17.6 Å². The molecule has 30 heavy (non-hydrogen) atoms. The number of hydrogen-bond acceptors (Lipinski definition) is 5. The zero-order chi connectivity index (χ0) is 21.1. The number of aryl methyl sites for hydroxylation is 2. The third-order valence-electron chi connectivity index (χ3n) is 5.44. The summed E-state index contributed by atoms with van der Waals surface area (Å²) >= 11 is 6.07. The number of rotatable bonds is 5. The van der Waals surface area contributed by atoms with Crippen LogP contribution >= 0.6 is 11.6 Å². The van der Waals surface area contributed by atoms with E-state index in [1.165, 1.54) is 0 Å². The Labute approximate surface area is 181 Å². The first kappa shape index (κ1) is 20.6. The molecule has 1 fully saturated rings. The smallest absolute Gasteiger partial charge is 0.241 e. The third-order valence-corrected chi connectivity index (χ3v) is 5.67. The largest absolute Gasteiger partial charge is 0.338 e. The molecule has 7 heteroatoms. The van der Waals surface area contributed by atoms with Crippen LogP contribution in [0.2, 0.25) is 5.02 Å².